The van der Waals surface area contributed by atoms with Crippen LogP contribution < -0.4 is 5.32 Å². The molecule has 3 aromatic rings. The lowest BCUT2D eigenvalue weighted by atomic mass is 10.2. The molecule has 0 atom stereocenters. The summed E-state index contributed by atoms with van der Waals surface area (Å²) in [6.07, 6.45) is 0.849. The van der Waals surface area contributed by atoms with Gasteiger partial charge in [-0.15, -0.1) is 11.3 Å². The van der Waals surface area contributed by atoms with Gasteiger partial charge in [0.2, 0.25) is 0 Å². The first-order chi connectivity index (χ1) is 9.72. The van der Waals surface area contributed by atoms with Crippen LogP contribution in [-0.4, -0.2) is 17.4 Å². The van der Waals surface area contributed by atoms with E-state index in [0.29, 0.717) is 12.2 Å². The van der Waals surface area contributed by atoms with Gasteiger partial charge in [-0.2, -0.15) is 0 Å². The van der Waals surface area contributed by atoms with Gasteiger partial charge < -0.3 is 10.3 Å². The smallest absolute Gasteiger partial charge is 0.267 e. The van der Waals surface area contributed by atoms with Gasteiger partial charge in [0, 0.05) is 22.3 Å². The first-order valence-corrected chi connectivity index (χ1v) is 7.93. The zero-order valence-corrected chi connectivity index (χ0v) is 13.1. The fourth-order valence-electron chi connectivity index (χ4n) is 2.08. The molecule has 1 aromatic carbocycles. The second kappa shape index (κ2) is 5.81. The van der Waals surface area contributed by atoms with Crippen LogP contribution in [-0.2, 0) is 6.42 Å². The molecule has 0 radical (unpaired) electrons. The summed E-state index contributed by atoms with van der Waals surface area (Å²) in [6, 6.07) is 13.9. The quantitative estimate of drug-likeness (QED) is 0.736. The van der Waals surface area contributed by atoms with Crippen LogP contribution in [0.5, 0.6) is 0 Å². The first-order valence-electron chi connectivity index (χ1n) is 6.32. The Bertz CT molecular complexity index is 714. The maximum Gasteiger partial charge on any atom is 0.267 e. The van der Waals surface area contributed by atoms with E-state index in [9.17, 15) is 4.79 Å². The van der Waals surface area contributed by atoms with Gasteiger partial charge in [-0.1, -0.05) is 18.2 Å². The summed E-state index contributed by atoms with van der Waals surface area (Å²) >= 11 is 5.13. The number of aromatic nitrogens is 1. The monoisotopic (exact) mass is 348 g/mol. The van der Waals surface area contributed by atoms with Crippen LogP contribution in [0.3, 0.4) is 0 Å². The number of benzene rings is 1. The van der Waals surface area contributed by atoms with Crippen molar-refractivity contribution in [3.63, 3.8) is 0 Å². The molecular weight excluding hydrogens is 336 g/mol. The number of carbonyl (C=O) groups excluding carboxylic acids is 1. The van der Waals surface area contributed by atoms with Crippen LogP contribution >= 0.6 is 27.3 Å². The molecule has 0 unspecified atom stereocenters. The summed E-state index contributed by atoms with van der Waals surface area (Å²) in [5.41, 5.74) is 1.60. The number of aromatic amines is 1. The molecule has 0 saturated heterocycles. The average Bonchev–Trinajstić information content (AvgIpc) is 3.04. The number of hydrogen-bond donors (Lipinski definition) is 2. The van der Waals surface area contributed by atoms with Crippen molar-refractivity contribution in [3.05, 3.63) is 56.8 Å². The normalized spacial score (nSPS) is 10.8. The van der Waals surface area contributed by atoms with Gasteiger partial charge in [0.25, 0.3) is 5.91 Å². The van der Waals surface area contributed by atoms with Gasteiger partial charge in [-0.3, -0.25) is 4.79 Å². The Morgan fingerprint density at radius 1 is 1.25 bits per heavy atom. The van der Waals surface area contributed by atoms with E-state index in [-0.39, 0.29) is 5.91 Å². The SMILES string of the molecule is O=C(NCCc1ccc(Br)s1)c1cc2ccccc2[nH]1. The molecule has 5 heteroatoms. The number of carbonyl (C=O) groups is 1. The van der Waals surface area contributed by atoms with Crippen LogP contribution in [0, 0.1) is 0 Å². The molecule has 3 nitrogen and oxygen atoms in total. The molecule has 0 saturated carbocycles. The van der Waals surface area contributed by atoms with Crippen molar-refractivity contribution in [1.82, 2.24) is 10.3 Å². The molecule has 20 heavy (non-hydrogen) atoms. The van der Waals surface area contributed by atoms with Gasteiger partial charge in [0.1, 0.15) is 5.69 Å². The van der Waals surface area contributed by atoms with Crippen molar-refractivity contribution in [2.75, 3.05) is 6.54 Å². The lowest BCUT2D eigenvalue weighted by Gasteiger charge is -2.02. The van der Waals surface area contributed by atoms with Crippen LogP contribution in [0.1, 0.15) is 15.4 Å². The fraction of sp³-hybridized carbons (Fsp3) is 0.133. The minimum Gasteiger partial charge on any atom is -0.351 e. The maximum absolute atomic E-state index is 12.1. The van der Waals surface area contributed by atoms with Gasteiger partial charge in [-0.05, 0) is 46.6 Å². The van der Waals surface area contributed by atoms with Crippen molar-refractivity contribution in [2.45, 2.75) is 6.42 Å². The summed E-state index contributed by atoms with van der Waals surface area (Å²) in [4.78, 5) is 16.5. The summed E-state index contributed by atoms with van der Waals surface area (Å²) in [6.45, 7) is 0.640. The second-order valence-corrected chi connectivity index (χ2v) is 7.03. The molecule has 0 aliphatic carbocycles. The summed E-state index contributed by atoms with van der Waals surface area (Å²) in [5.74, 6) is -0.0585. The van der Waals surface area contributed by atoms with Gasteiger partial charge >= 0.3 is 0 Å². The van der Waals surface area contributed by atoms with Crippen LogP contribution in [0.15, 0.2) is 46.3 Å². The number of fused-ring (bicyclic) bond motifs is 1. The van der Waals surface area contributed by atoms with Crippen molar-refractivity contribution in [2.24, 2.45) is 0 Å². The number of halogens is 1. The lowest BCUT2D eigenvalue weighted by molar-refractivity contribution is 0.0950. The van der Waals surface area contributed by atoms with Gasteiger partial charge in [-0.25, -0.2) is 0 Å². The number of thiophene rings is 1. The molecule has 1 amide bonds. The topological polar surface area (TPSA) is 44.9 Å². The summed E-state index contributed by atoms with van der Waals surface area (Å²) in [5, 5.41) is 3.99. The summed E-state index contributed by atoms with van der Waals surface area (Å²) in [7, 11) is 0. The number of rotatable bonds is 4. The number of amides is 1. The molecule has 2 aromatic heterocycles. The maximum atomic E-state index is 12.1. The molecule has 0 aliphatic heterocycles. The van der Waals surface area contributed by atoms with Crippen molar-refractivity contribution in [3.8, 4) is 0 Å². The molecule has 3 rings (SSSR count). The minimum absolute atomic E-state index is 0.0585. The minimum atomic E-state index is -0.0585. The molecular formula is C15H13BrN2OS. The Morgan fingerprint density at radius 2 is 2.10 bits per heavy atom. The highest BCUT2D eigenvalue weighted by Gasteiger charge is 2.08. The zero-order chi connectivity index (χ0) is 13.9. The van der Waals surface area contributed by atoms with E-state index in [4.69, 9.17) is 0 Å². The Morgan fingerprint density at radius 3 is 2.85 bits per heavy atom. The number of nitrogens with one attached hydrogen (secondary N) is 2. The predicted octanol–water partition coefficient (Wildman–Crippen LogP) is 3.96. The lowest BCUT2D eigenvalue weighted by Crippen LogP contribution is -2.25. The standard InChI is InChI=1S/C15H13BrN2OS/c16-14-6-5-11(20-14)7-8-17-15(19)13-9-10-3-1-2-4-12(10)18-13/h1-6,9,18H,7-8H2,(H,17,19). The first kappa shape index (κ1) is 13.4. The highest BCUT2D eigenvalue weighted by Crippen LogP contribution is 2.22. The van der Waals surface area contributed by atoms with Gasteiger partial charge in [0.15, 0.2) is 0 Å². The average molecular weight is 349 g/mol. The molecule has 102 valence electrons. The van der Waals surface area contributed by atoms with Crippen molar-refractivity contribution in [1.29, 1.82) is 0 Å². The summed E-state index contributed by atoms with van der Waals surface area (Å²) < 4.78 is 1.12. The van der Waals surface area contributed by atoms with Crippen molar-refractivity contribution < 1.29 is 4.79 Å². The highest BCUT2D eigenvalue weighted by molar-refractivity contribution is 9.11. The van der Waals surface area contributed by atoms with Crippen LogP contribution in [0.2, 0.25) is 0 Å². The fourth-order valence-corrected chi connectivity index (χ4v) is 3.56. The van der Waals surface area contributed by atoms with E-state index in [1.165, 1.54) is 4.88 Å². The molecule has 0 aliphatic rings. The Labute approximate surface area is 129 Å². The van der Waals surface area contributed by atoms with Crippen molar-refractivity contribution >= 4 is 44.1 Å². The highest BCUT2D eigenvalue weighted by atomic mass is 79.9. The molecule has 2 N–H and O–H groups in total. The second-order valence-electron chi connectivity index (χ2n) is 4.48. The van der Waals surface area contributed by atoms with E-state index in [1.807, 2.05) is 36.4 Å². The van der Waals surface area contributed by atoms with Gasteiger partial charge in [0.05, 0.1) is 3.79 Å². The number of hydrogen-bond acceptors (Lipinski definition) is 2. The third kappa shape index (κ3) is 2.94. The van der Waals surface area contributed by atoms with E-state index in [1.54, 1.807) is 11.3 Å². The number of H-pyrrole nitrogens is 1. The van der Waals surface area contributed by atoms with E-state index in [0.717, 1.165) is 21.1 Å². The van der Waals surface area contributed by atoms with E-state index in [2.05, 4.69) is 32.3 Å². The largest absolute Gasteiger partial charge is 0.351 e. The predicted molar refractivity (Wildman–Crippen MR) is 86.4 cm³/mol. The number of para-hydroxylation sites is 1. The van der Waals surface area contributed by atoms with Crippen LogP contribution in [0.4, 0.5) is 0 Å². The Hall–Kier alpha value is -1.59. The van der Waals surface area contributed by atoms with Crippen LogP contribution in [0.25, 0.3) is 10.9 Å². The zero-order valence-electron chi connectivity index (χ0n) is 10.7. The Kier molecular flexibility index (Phi) is 3.89. The van der Waals surface area contributed by atoms with E-state index >= 15 is 0 Å². The van der Waals surface area contributed by atoms with E-state index < -0.39 is 0 Å². The molecule has 0 fully saturated rings. The third-order valence-electron chi connectivity index (χ3n) is 3.06. The third-order valence-corrected chi connectivity index (χ3v) is 4.74. The Balaban J connectivity index is 1.61. The molecule has 0 spiro atoms. The molecule has 0 bridgehead atoms. The molecule has 2 heterocycles.